The standard InChI is InChI=1S/C19H20N2O4S/c1-2-23-11-12-24-14-7-9-15(10-8-14)25-13-18(22)21-19-20-16-5-3-4-6-17(16)26-19/h3-10H,2,11-13H2,1H3,(H,20,21,22). The van der Waals surface area contributed by atoms with Crippen LogP contribution >= 0.6 is 11.3 Å². The lowest BCUT2D eigenvalue weighted by Gasteiger charge is -2.08. The minimum absolute atomic E-state index is 0.0829. The van der Waals surface area contributed by atoms with E-state index in [1.165, 1.54) is 11.3 Å². The zero-order valence-electron chi connectivity index (χ0n) is 14.4. The van der Waals surface area contributed by atoms with Gasteiger partial charge < -0.3 is 14.2 Å². The van der Waals surface area contributed by atoms with E-state index in [-0.39, 0.29) is 12.5 Å². The molecular formula is C19H20N2O4S. The van der Waals surface area contributed by atoms with E-state index in [0.717, 1.165) is 16.0 Å². The highest BCUT2D eigenvalue weighted by molar-refractivity contribution is 7.22. The highest BCUT2D eigenvalue weighted by Gasteiger charge is 2.08. The van der Waals surface area contributed by atoms with Gasteiger partial charge in [-0.3, -0.25) is 10.1 Å². The van der Waals surface area contributed by atoms with Gasteiger partial charge >= 0.3 is 0 Å². The number of amides is 1. The molecule has 0 aliphatic heterocycles. The molecule has 1 amide bonds. The van der Waals surface area contributed by atoms with Crippen LogP contribution in [0.4, 0.5) is 5.13 Å². The molecule has 0 unspecified atom stereocenters. The van der Waals surface area contributed by atoms with Gasteiger partial charge in [0.25, 0.3) is 5.91 Å². The Balaban J connectivity index is 1.45. The van der Waals surface area contributed by atoms with E-state index in [1.54, 1.807) is 24.3 Å². The Labute approximate surface area is 155 Å². The van der Waals surface area contributed by atoms with Gasteiger partial charge in [0.1, 0.15) is 18.1 Å². The van der Waals surface area contributed by atoms with E-state index in [9.17, 15) is 4.79 Å². The average Bonchev–Trinajstić information content (AvgIpc) is 3.06. The second kappa shape index (κ2) is 9.17. The SMILES string of the molecule is CCOCCOc1ccc(OCC(=O)Nc2nc3ccccc3s2)cc1. The van der Waals surface area contributed by atoms with Crippen LogP contribution in [0.15, 0.2) is 48.5 Å². The molecule has 1 aromatic heterocycles. The Bertz CT molecular complexity index is 815. The third-order valence-electron chi connectivity index (χ3n) is 3.43. The number of rotatable bonds is 9. The van der Waals surface area contributed by atoms with Crippen LogP contribution in [0.2, 0.25) is 0 Å². The number of carbonyl (C=O) groups is 1. The fraction of sp³-hybridized carbons (Fsp3) is 0.263. The Morgan fingerprint density at radius 2 is 1.77 bits per heavy atom. The summed E-state index contributed by atoms with van der Waals surface area (Å²) in [5, 5.41) is 3.33. The lowest BCUT2D eigenvalue weighted by molar-refractivity contribution is -0.118. The minimum Gasteiger partial charge on any atom is -0.491 e. The van der Waals surface area contributed by atoms with Crippen LogP contribution in [0, 0.1) is 0 Å². The van der Waals surface area contributed by atoms with Gasteiger partial charge in [-0.2, -0.15) is 0 Å². The molecule has 0 saturated heterocycles. The number of aromatic nitrogens is 1. The van der Waals surface area contributed by atoms with E-state index in [0.29, 0.717) is 30.7 Å². The zero-order valence-corrected chi connectivity index (χ0v) is 15.3. The molecule has 0 atom stereocenters. The van der Waals surface area contributed by atoms with Crippen LogP contribution in [0.3, 0.4) is 0 Å². The van der Waals surface area contributed by atoms with Crippen molar-refractivity contribution in [2.45, 2.75) is 6.92 Å². The molecule has 26 heavy (non-hydrogen) atoms. The number of carbonyl (C=O) groups excluding carboxylic acids is 1. The predicted octanol–water partition coefficient (Wildman–Crippen LogP) is 3.73. The quantitative estimate of drug-likeness (QED) is 0.580. The average molecular weight is 372 g/mol. The maximum atomic E-state index is 12.0. The number of ether oxygens (including phenoxy) is 3. The molecule has 3 aromatic rings. The first-order chi connectivity index (χ1) is 12.7. The van der Waals surface area contributed by atoms with Crippen molar-refractivity contribution >= 4 is 32.6 Å². The third kappa shape index (κ3) is 5.18. The first kappa shape index (κ1) is 18.2. The van der Waals surface area contributed by atoms with E-state index < -0.39 is 0 Å². The predicted molar refractivity (Wildman–Crippen MR) is 102 cm³/mol. The van der Waals surface area contributed by atoms with Gasteiger partial charge in [-0.15, -0.1) is 0 Å². The summed E-state index contributed by atoms with van der Waals surface area (Å²) in [4.78, 5) is 16.4. The van der Waals surface area contributed by atoms with Crippen LogP contribution in [0.5, 0.6) is 11.5 Å². The van der Waals surface area contributed by atoms with E-state index in [2.05, 4.69) is 10.3 Å². The molecular weight excluding hydrogens is 352 g/mol. The number of nitrogens with zero attached hydrogens (tertiary/aromatic N) is 1. The highest BCUT2D eigenvalue weighted by atomic mass is 32.1. The van der Waals surface area contributed by atoms with Crippen molar-refractivity contribution in [3.63, 3.8) is 0 Å². The molecule has 0 aliphatic carbocycles. The molecule has 7 heteroatoms. The third-order valence-corrected chi connectivity index (χ3v) is 4.39. The van der Waals surface area contributed by atoms with Gasteiger partial charge in [-0.25, -0.2) is 4.98 Å². The van der Waals surface area contributed by atoms with Crippen LogP contribution < -0.4 is 14.8 Å². The summed E-state index contributed by atoms with van der Waals surface area (Å²) in [6.07, 6.45) is 0. The molecule has 136 valence electrons. The van der Waals surface area contributed by atoms with Gasteiger partial charge in [0.15, 0.2) is 11.7 Å². The molecule has 0 saturated carbocycles. The van der Waals surface area contributed by atoms with Crippen LogP contribution in [0.25, 0.3) is 10.2 Å². The lowest BCUT2D eigenvalue weighted by atomic mass is 10.3. The number of hydrogen-bond donors (Lipinski definition) is 1. The van der Waals surface area contributed by atoms with Crippen molar-refractivity contribution in [3.05, 3.63) is 48.5 Å². The smallest absolute Gasteiger partial charge is 0.264 e. The van der Waals surface area contributed by atoms with Crippen molar-refractivity contribution in [2.75, 3.05) is 31.7 Å². The molecule has 1 heterocycles. The normalized spacial score (nSPS) is 10.7. The molecule has 0 bridgehead atoms. The monoisotopic (exact) mass is 372 g/mol. The van der Waals surface area contributed by atoms with E-state index in [4.69, 9.17) is 14.2 Å². The number of fused-ring (bicyclic) bond motifs is 1. The number of thiazole rings is 1. The Morgan fingerprint density at radius 1 is 1.04 bits per heavy atom. The van der Waals surface area contributed by atoms with Crippen molar-refractivity contribution in [2.24, 2.45) is 0 Å². The number of anilines is 1. The number of hydrogen-bond acceptors (Lipinski definition) is 6. The van der Waals surface area contributed by atoms with Gasteiger partial charge in [0, 0.05) is 6.61 Å². The topological polar surface area (TPSA) is 69.7 Å². The molecule has 0 aliphatic rings. The molecule has 6 nitrogen and oxygen atoms in total. The first-order valence-corrected chi connectivity index (χ1v) is 9.15. The fourth-order valence-corrected chi connectivity index (χ4v) is 3.11. The number of nitrogens with one attached hydrogen (secondary N) is 1. The summed E-state index contributed by atoms with van der Waals surface area (Å²) in [5.74, 6) is 1.08. The molecule has 0 radical (unpaired) electrons. The van der Waals surface area contributed by atoms with Crippen molar-refractivity contribution in [1.29, 1.82) is 0 Å². The summed E-state index contributed by atoms with van der Waals surface area (Å²) in [5.41, 5.74) is 0.869. The highest BCUT2D eigenvalue weighted by Crippen LogP contribution is 2.25. The summed E-state index contributed by atoms with van der Waals surface area (Å²) in [6, 6.07) is 14.9. The minimum atomic E-state index is -0.249. The Morgan fingerprint density at radius 3 is 2.50 bits per heavy atom. The Kier molecular flexibility index (Phi) is 6.40. The molecule has 1 N–H and O–H groups in total. The second-order valence-electron chi connectivity index (χ2n) is 5.34. The van der Waals surface area contributed by atoms with Crippen LogP contribution in [0.1, 0.15) is 6.92 Å². The summed E-state index contributed by atoms with van der Waals surface area (Å²) >= 11 is 1.43. The number of para-hydroxylation sites is 1. The number of benzene rings is 2. The summed E-state index contributed by atoms with van der Waals surface area (Å²) < 4.78 is 17.3. The van der Waals surface area contributed by atoms with Crippen molar-refractivity contribution < 1.29 is 19.0 Å². The van der Waals surface area contributed by atoms with Crippen LogP contribution in [-0.2, 0) is 9.53 Å². The second-order valence-corrected chi connectivity index (χ2v) is 6.37. The largest absolute Gasteiger partial charge is 0.491 e. The van der Waals surface area contributed by atoms with Gasteiger partial charge in [0.2, 0.25) is 0 Å². The van der Waals surface area contributed by atoms with Gasteiger partial charge in [-0.05, 0) is 43.3 Å². The van der Waals surface area contributed by atoms with Gasteiger partial charge in [0.05, 0.1) is 16.8 Å². The molecule has 2 aromatic carbocycles. The van der Waals surface area contributed by atoms with Crippen molar-refractivity contribution in [3.8, 4) is 11.5 Å². The molecule has 0 spiro atoms. The van der Waals surface area contributed by atoms with E-state index in [1.807, 2.05) is 31.2 Å². The maximum Gasteiger partial charge on any atom is 0.264 e. The fourth-order valence-electron chi connectivity index (χ4n) is 2.22. The van der Waals surface area contributed by atoms with Crippen molar-refractivity contribution in [1.82, 2.24) is 4.98 Å². The molecule has 0 fully saturated rings. The maximum absolute atomic E-state index is 12.0. The Hall–Kier alpha value is -2.64. The van der Waals surface area contributed by atoms with E-state index >= 15 is 0 Å². The van der Waals surface area contributed by atoms with Crippen LogP contribution in [-0.4, -0.2) is 37.3 Å². The summed E-state index contributed by atoms with van der Waals surface area (Å²) in [6.45, 7) is 3.59. The summed E-state index contributed by atoms with van der Waals surface area (Å²) in [7, 11) is 0. The van der Waals surface area contributed by atoms with Gasteiger partial charge in [-0.1, -0.05) is 23.5 Å². The lowest BCUT2D eigenvalue weighted by Crippen LogP contribution is -2.19. The first-order valence-electron chi connectivity index (χ1n) is 8.33. The molecule has 3 rings (SSSR count). The zero-order chi connectivity index (χ0) is 18.2.